The Kier molecular flexibility index (Phi) is 7.40. The van der Waals surface area contributed by atoms with Gasteiger partial charge in [-0.15, -0.1) is 0 Å². The molecule has 0 saturated heterocycles. The molecule has 7 heteroatoms. The van der Waals surface area contributed by atoms with Gasteiger partial charge >= 0.3 is 6.09 Å². The molecular formula is C12H20N2O5. The molecule has 19 heavy (non-hydrogen) atoms. The zero-order valence-corrected chi connectivity index (χ0v) is 11.5. The van der Waals surface area contributed by atoms with Crippen LogP contribution < -0.4 is 5.32 Å². The summed E-state index contributed by atoms with van der Waals surface area (Å²) in [5.74, 6) is -0.379. The first-order valence-corrected chi connectivity index (χ1v) is 5.92. The maximum atomic E-state index is 11.6. The van der Waals surface area contributed by atoms with Gasteiger partial charge < -0.3 is 24.5 Å². The molecule has 0 bridgehead atoms. The molecule has 0 aliphatic rings. The van der Waals surface area contributed by atoms with Gasteiger partial charge in [-0.25, -0.2) is 4.79 Å². The molecule has 0 heterocycles. The largest absolute Gasteiger partial charge is 0.444 e. The molecule has 0 spiro atoms. The van der Waals surface area contributed by atoms with Gasteiger partial charge in [-0.3, -0.25) is 4.79 Å². The van der Waals surface area contributed by atoms with Crippen LogP contribution in [-0.2, 0) is 19.1 Å². The van der Waals surface area contributed by atoms with Crippen LogP contribution in [0, 0.1) is 0 Å². The highest BCUT2D eigenvalue weighted by Crippen LogP contribution is 2.06. The number of rotatable bonds is 7. The molecule has 0 aromatic heterocycles. The van der Waals surface area contributed by atoms with E-state index in [0.29, 0.717) is 12.6 Å². The van der Waals surface area contributed by atoms with Crippen molar-refractivity contribution in [3.8, 4) is 0 Å². The maximum absolute atomic E-state index is 11.6. The molecule has 0 rings (SSSR count). The van der Waals surface area contributed by atoms with Gasteiger partial charge in [-0.1, -0.05) is 0 Å². The van der Waals surface area contributed by atoms with E-state index in [1.807, 2.05) is 0 Å². The zero-order chi connectivity index (χ0) is 14.9. The molecule has 0 aliphatic carbocycles. The fourth-order valence-corrected chi connectivity index (χ4v) is 1.20. The van der Waals surface area contributed by atoms with Gasteiger partial charge in [0.25, 0.3) is 0 Å². The lowest BCUT2D eigenvalue weighted by Gasteiger charge is -2.20. The van der Waals surface area contributed by atoms with Crippen LogP contribution in [0.1, 0.15) is 27.2 Å². The van der Waals surface area contributed by atoms with E-state index in [4.69, 9.17) is 4.74 Å². The number of ether oxygens (including phenoxy) is 1. The minimum absolute atomic E-state index is 0.000916. The molecule has 0 unspecified atom stereocenters. The summed E-state index contributed by atoms with van der Waals surface area (Å²) in [5, 5.41) is 2.42. The Bertz CT molecular complexity index is 326. The number of alkyl carbamates (subject to hydrolysis) is 1. The van der Waals surface area contributed by atoms with Gasteiger partial charge in [-0.2, -0.15) is 0 Å². The Hall–Kier alpha value is -1.92. The first-order chi connectivity index (χ1) is 8.80. The average Bonchev–Trinajstić information content (AvgIpc) is 2.26. The van der Waals surface area contributed by atoms with E-state index in [1.165, 1.54) is 0 Å². The summed E-state index contributed by atoms with van der Waals surface area (Å²) in [6.07, 6.45) is 0.476. The van der Waals surface area contributed by atoms with Crippen molar-refractivity contribution in [3.63, 3.8) is 0 Å². The number of nitrogens with one attached hydrogen (secondary N) is 1. The molecule has 0 saturated carbocycles. The van der Waals surface area contributed by atoms with Crippen molar-refractivity contribution in [1.82, 2.24) is 10.2 Å². The lowest BCUT2D eigenvalue weighted by Crippen LogP contribution is -2.38. The van der Waals surface area contributed by atoms with E-state index in [2.05, 4.69) is 5.32 Å². The summed E-state index contributed by atoms with van der Waals surface area (Å²) in [7, 11) is 0. The number of carbonyl (C=O) groups excluding carboxylic acids is 4. The highest BCUT2D eigenvalue weighted by atomic mass is 16.6. The second-order valence-corrected chi connectivity index (χ2v) is 4.81. The van der Waals surface area contributed by atoms with Crippen molar-refractivity contribution in [2.75, 3.05) is 19.6 Å². The van der Waals surface area contributed by atoms with Crippen LogP contribution in [0.15, 0.2) is 0 Å². The molecule has 108 valence electrons. The van der Waals surface area contributed by atoms with Crippen molar-refractivity contribution < 1.29 is 23.9 Å². The normalized spacial score (nSPS) is 10.5. The van der Waals surface area contributed by atoms with E-state index in [-0.39, 0.29) is 32.0 Å². The van der Waals surface area contributed by atoms with Crippen LogP contribution in [0.25, 0.3) is 0 Å². The summed E-state index contributed by atoms with van der Waals surface area (Å²) in [6, 6.07) is 0. The summed E-state index contributed by atoms with van der Waals surface area (Å²) in [4.78, 5) is 44.7. The summed E-state index contributed by atoms with van der Waals surface area (Å²) in [5.41, 5.74) is -0.602. The molecule has 7 nitrogen and oxygen atoms in total. The lowest BCUT2D eigenvalue weighted by molar-refractivity contribution is -0.134. The van der Waals surface area contributed by atoms with E-state index in [1.54, 1.807) is 20.8 Å². The topological polar surface area (TPSA) is 92.8 Å². The van der Waals surface area contributed by atoms with Crippen LogP contribution in [0.3, 0.4) is 0 Å². The number of nitrogens with zero attached hydrogens (tertiary/aromatic N) is 1. The monoisotopic (exact) mass is 272 g/mol. The number of amides is 2. The summed E-state index contributed by atoms with van der Waals surface area (Å²) in [6.45, 7) is 5.00. The second-order valence-electron chi connectivity index (χ2n) is 4.81. The standard InChI is InChI=1S/C12H20N2O5/c1-12(2,3)19-11(18)13-5-4-10(17)14(6-8-15)7-9-16/h8-9H,4-7H2,1-3H3,(H,13,18). The van der Waals surface area contributed by atoms with Crippen LogP contribution in [-0.4, -0.2) is 54.7 Å². The van der Waals surface area contributed by atoms with Gasteiger partial charge in [0, 0.05) is 13.0 Å². The predicted molar refractivity (Wildman–Crippen MR) is 67.6 cm³/mol. The predicted octanol–water partition coefficient (Wildman–Crippen LogP) is 0.128. The van der Waals surface area contributed by atoms with Crippen LogP contribution in [0.2, 0.25) is 0 Å². The third kappa shape index (κ3) is 8.76. The minimum atomic E-state index is -0.613. The van der Waals surface area contributed by atoms with Crippen LogP contribution in [0.4, 0.5) is 4.79 Å². The fraction of sp³-hybridized carbons (Fsp3) is 0.667. The minimum Gasteiger partial charge on any atom is -0.444 e. The van der Waals surface area contributed by atoms with Crippen molar-refractivity contribution in [3.05, 3.63) is 0 Å². The molecule has 0 fully saturated rings. The molecule has 0 radical (unpaired) electrons. The molecular weight excluding hydrogens is 252 g/mol. The Morgan fingerprint density at radius 1 is 1.16 bits per heavy atom. The molecule has 2 amide bonds. The highest BCUT2D eigenvalue weighted by Gasteiger charge is 2.17. The van der Waals surface area contributed by atoms with E-state index in [9.17, 15) is 19.2 Å². The number of carbonyl (C=O) groups is 4. The zero-order valence-electron chi connectivity index (χ0n) is 11.5. The number of hydrogen-bond acceptors (Lipinski definition) is 5. The number of aldehydes is 2. The summed E-state index contributed by atoms with van der Waals surface area (Å²) < 4.78 is 4.99. The molecule has 0 aliphatic heterocycles. The maximum Gasteiger partial charge on any atom is 0.407 e. The van der Waals surface area contributed by atoms with Crippen molar-refractivity contribution >= 4 is 24.6 Å². The smallest absolute Gasteiger partial charge is 0.407 e. The number of hydrogen-bond donors (Lipinski definition) is 1. The third-order valence-electron chi connectivity index (χ3n) is 1.95. The van der Waals surface area contributed by atoms with Crippen LogP contribution in [0.5, 0.6) is 0 Å². The van der Waals surface area contributed by atoms with Gasteiger partial charge in [-0.05, 0) is 20.8 Å². The van der Waals surface area contributed by atoms with E-state index < -0.39 is 11.7 Å². The quantitative estimate of drug-likeness (QED) is 0.665. The van der Waals surface area contributed by atoms with Crippen molar-refractivity contribution in [1.29, 1.82) is 0 Å². The summed E-state index contributed by atoms with van der Waals surface area (Å²) >= 11 is 0. The van der Waals surface area contributed by atoms with E-state index >= 15 is 0 Å². The Morgan fingerprint density at radius 2 is 1.68 bits per heavy atom. The van der Waals surface area contributed by atoms with Gasteiger partial charge in [0.05, 0.1) is 13.1 Å². The first-order valence-electron chi connectivity index (χ1n) is 5.92. The molecule has 0 atom stereocenters. The Balaban J connectivity index is 4.04. The SMILES string of the molecule is CC(C)(C)OC(=O)NCCC(=O)N(CC=O)CC=O. The second kappa shape index (κ2) is 8.23. The third-order valence-corrected chi connectivity index (χ3v) is 1.95. The highest BCUT2D eigenvalue weighted by molar-refractivity contribution is 5.81. The van der Waals surface area contributed by atoms with Gasteiger partial charge in [0.1, 0.15) is 18.2 Å². The van der Waals surface area contributed by atoms with Gasteiger partial charge in [0.15, 0.2) is 0 Å². The van der Waals surface area contributed by atoms with Crippen molar-refractivity contribution in [2.45, 2.75) is 32.8 Å². The van der Waals surface area contributed by atoms with Gasteiger partial charge in [0.2, 0.25) is 5.91 Å². The fourth-order valence-electron chi connectivity index (χ4n) is 1.20. The molecule has 1 N–H and O–H groups in total. The van der Waals surface area contributed by atoms with E-state index in [0.717, 1.165) is 4.90 Å². The Morgan fingerprint density at radius 3 is 2.11 bits per heavy atom. The van der Waals surface area contributed by atoms with Crippen LogP contribution >= 0.6 is 0 Å². The Labute approximate surface area is 112 Å². The van der Waals surface area contributed by atoms with Crippen molar-refractivity contribution in [2.24, 2.45) is 0 Å². The lowest BCUT2D eigenvalue weighted by atomic mass is 10.2. The molecule has 0 aromatic carbocycles. The molecule has 0 aromatic rings. The average molecular weight is 272 g/mol. The first kappa shape index (κ1) is 17.1.